The molecule has 0 spiro atoms. The van der Waals surface area contributed by atoms with E-state index in [1.54, 1.807) is 18.2 Å². The van der Waals surface area contributed by atoms with Crippen LogP contribution in [0.15, 0.2) is 29.1 Å². The largest absolute Gasteiger partial charge is 0.493 e. The Kier molecular flexibility index (Phi) is 8.62. The lowest BCUT2D eigenvalue weighted by molar-refractivity contribution is -0.277. The molecule has 1 heterocycles. The van der Waals surface area contributed by atoms with Crippen molar-refractivity contribution in [1.82, 2.24) is 5.32 Å². The molecule has 212 valence electrons. The smallest absolute Gasteiger partial charge is 0.229 e. The molecule has 6 atom stereocenters. The van der Waals surface area contributed by atoms with E-state index in [1.807, 2.05) is 0 Å². The maximum atomic E-state index is 12.9. The fraction of sp³-hybridized carbons (Fsp3) is 0.481. The number of aliphatic hydroxyl groups excluding tert-OH is 4. The number of benzene rings is 1. The number of carbonyl (C=O) groups is 1. The standard InChI is InChI=1S/C27H33NO11/c1-12(30)28-16-7-5-13-9-19(38-27-24(34)23(33)22(32)20(11-29)39-27)25(36-3)26(37-4)21(13)14-6-8-18(35-2)17(31)10-15(14)16/h6,8-10,16,20,22-24,27,29,32-34H,5,7,11H2,1-4H3,(H,28,30)/t16-,20+,22+,23-,24+,27-/m0/s1. The Morgan fingerprint density at radius 2 is 1.72 bits per heavy atom. The zero-order valence-electron chi connectivity index (χ0n) is 22.0. The van der Waals surface area contributed by atoms with E-state index >= 15 is 0 Å². The molecule has 2 aromatic carbocycles. The molecule has 12 heteroatoms. The summed E-state index contributed by atoms with van der Waals surface area (Å²) < 4.78 is 28.1. The second-order valence-corrected chi connectivity index (χ2v) is 9.36. The molecule has 2 aromatic rings. The summed E-state index contributed by atoms with van der Waals surface area (Å²) in [6.07, 6.45) is -6.56. The van der Waals surface area contributed by atoms with E-state index in [4.69, 9.17) is 23.7 Å². The maximum absolute atomic E-state index is 12.9. The van der Waals surface area contributed by atoms with Crippen molar-refractivity contribution in [3.8, 4) is 34.1 Å². The average Bonchev–Trinajstić information content (AvgIpc) is 3.16. The van der Waals surface area contributed by atoms with Crippen molar-refractivity contribution in [2.45, 2.75) is 56.5 Å². The molecule has 0 saturated carbocycles. The maximum Gasteiger partial charge on any atom is 0.229 e. The highest BCUT2D eigenvalue weighted by molar-refractivity contribution is 5.83. The van der Waals surface area contributed by atoms with Crippen LogP contribution in [-0.4, -0.2) is 85.0 Å². The van der Waals surface area contributed by atoms with Gasteiger partial charge in [-0.3, -0.25) is 9.59 Å². The molecule has 0 radical (unpaired) electrons. The van der Waals surface area contributed by atoms with E-state index in [9.17, 15) is 30.0 Å². The monoisotopic (exact) mass is 547 g/mol. The summed E-state index contributed by atoms with van der Waals surface area (Å²) in [7, 11) is 4.23. The van der Waals surface area contributed by atoms with Gasteiger partial charge in [0, 0.05) is 12.5 Å². The molecule has 1 aliphatic carbocycles. The number of nitrogens with one attached hydrogen (secondary N) is 1. The van der Waals surface area contributed by atoms with E-state index in [-0.39, 0.29) is 34.3 Å². The van der Waals surface area contributed by atoms with Crippen LogP contribution < -0.4 is 29.7 Å². The van der Waals surface area contributed by atoms with Gasteiger partial charge in [0.25, 0.3) is 0 Å². The zero-order valence-corrected chi connectivity index (χ0v) is 22.0. The first kappa shape index (κ1) is 28.6. The van der Waals surface area contributed by atoms with Gasteiger partial charge in [-0.25, -0.2) is 0 Å². The SMILES string of the molecule is COc1c(O[C@H]2O[C@H](CO)[C@@H](O)[C@H](O)[C@H]2O)cc2c(c1OC)-c1ccc(OC)c(=O)cc1[C@@H](NC(C)=O)CC2. The van der Waals surface area contributed by atoms with Crippen molar-refractivity contribution in [2.75, 3.05) is 27.9 Å². The predicted octanol–water partition coefficient (Wildman–Crippen LogP) is 0.0417. The molecule has 39 heavy (non-hydrogen) atoms. The fourth-order valence-corrected chi connectivity index (χ4v) is 5.09. The minimum atomic E-state index is -1.64. The summed E-state index contributed by atoms with van der Waals surface area (Å²) in [5.74, 6) is 0.368. The fourth-order valence-electron chi connectivity index (χ4n) is 5.09. The van der Waals surface area contributed by atoms with Crippen molar-refractivity contribution in [2.24, 2.45) is 0 Å². The molecule has 4 rings (SSSR count). The zero-order chi connectivity index (χ0) is 28.4. The number of carbonyl (C=O) groups excluding carboxylic acids is 1. The second-order valence-electron chi connectivity index (χ2n) is 9.36. The summed E-state index contributed by atoms with van der Waals surface area (Å²) in [5.41, 5.74) is 2.15. The Bertz CT molecular complexity index is 1280. The molecule has 1 saturated heterocycles. The lowest BCUT2D eigenvalue weighted by Gasteiger charge is -2.39. The highest BCUT2D eigenvalue weighted by atomic mass is 16.7. The van der Waals surface area contributed by atoms with E-state index in [0.717, 1.165) is 5.56 Å². The van der Waals surface area contributed by atoms with Crippen molar-refractivity contribution in [1.29, 1.82) is 0 Å². The Morgan fingerprint density at radius 1 is 1.00 bits per heavy atom. The third-order valence-corrected chi connectivity index (χ3v) is 6.97. The van der Waals surface area contributed by atoms with Crippen molar-refractivity contribution in [3.05, 3.63) is 45.6 Å². The first-order valence-electron chi connectivity index (χ1n) is 12.4. The van der Waals surface area contributed by atoms with Crippen LogP contribution >= 0.6 is 0 Å². The molecular weight excluding hydrogens is 514 g/mol. The van der Waals surface area contributed by atoms with Gasteiger partial charge in [-0.2, -0.15) is 0 Å². The molecule has 1 amide bonds. The van der Waals surface area contributed by atoms with Crippen LogP contribution in [0.1, 0.15) is 30.5 Å². The Balaban J connectivity index is 1.89. The minimum absolute atomic E-state index is 0.111. The van der Waals surface area contributed by atoms with Crippen LogP contribution in [0, 0.1) is 0 Å². The Morgan fingerprint density at radius 3 is 2.33 bits per heavy atom. The van der Waals surface area contributed by atoms with Crippen LogP contribution in [0.3, 0.4) is 0 Å². The molecule has 12 nitrogen and oxygen atoms in total. The van der Waals surface area contributed by atoms with Crippen molar-refractivity contribution in [3.63, 3.8) is 0 Å². The van der Waals surface area contributed by atoms with Crippen LogP contribution in [0.5, 0.6) is 23.0 Å². The van der Waals surface area contributed by atoms with E-state index in [0.29, 0.717) is 29.5 Å². The summed E-state index contributed by atoms with van der Waals surface area (Å²) >= 11 is 0. The van der Waals surface area contributed by atoms with Gasteiger partial charge in [0.05, 0.1) is 34.0 Å². The van der Waals surface area contributed by atoms with Gasteiger partial charge in [0.2, 0.25) is 23.4 Å². The predicted molar refractivity (Wildman–Crippen MR) is 137 cm³/mol. The van der Waals surface area contributed by atoms with Crippen molar-refractivity contribution < 1.29 is 48.9 Å². The van der Waals surface area contributed by atoms with Crippen LogP contribution in [0.4, 0.5) is 0 Å². The lowest BCUT2D eigenvalue weighted by atomic mass is 9.95. The summed E-state index contributed by atoms with van der Waals surface area (Å²) in [6.45, 7) is 0.786. The number of methoxy groups -OCH3 is 3. The third kappa shape index (κ3) is 5.38. The summed E-state index contributed by atoms with van der Waals surface area (Å²) in [4.78, 5) is 24.9. The molecular formula is C27H33NO11. The van der Waals surface area contributed by atoms with E-state index in [1.165, 1.54) is 34.3 Å². The van der Waals surface area contributed by atoms with Gasteiger partial charge in [-0.05, 0) is 47.7 Å². The molecule has 0 aromatic heterocycles. The molecule has 1 aliphatic heterocycles. The first-order chi connectivity index (χ1) is 18.6. The number of ether oxygens (including phenoxy) is 5. The average molecular weight is 548 g/mol. The highest BCUT2D eigenvalue weighted by Crippen LogP contribution is 2.50. The number of fused-ring (bicyclic) bond motifs is 3. The molecule has 0 unspecified atom stereocenters. The first-order valence-corrected chi connectivity index (χ1v) is 12.4. The number of hydrogen-bond donors (Lipinski definition) is 5. The van der Waals surface area contributed by atoms with Crippen LogP contribution in [-0.2, 0) is 16.0 Å². The molecule has 5 N–H and O–H groups in total. The molecule has 2 aliphatic rings. The summed E-state index contributed by atoms with van der Waals surface area (Å²) in [5, 5.41) is 43.3. The van der Waals surface area contributed by atoms with Crippen molar-refractivity contribution >= 4 is 5.91 Å². The van der Waals surface area contributed by atoms with E-state index in [2.05, 4.69) is 5.32 Å². The number of amides is 1. The topological polar surface area (TPSA) is 173 Å². The number of rotatable bonds is 7. The highest BCUT2D eigenvalue weighted by Gasteiger charge is 2.45. The van der Waals surface area contributed by atoms with E-state index < -0.39 is 43.4 Å². The number of hydrogen-bond acceptors (Lipinski definition) is 11. The summed E-state index contributed by atoms with van der Waals surface area (Å²) in [6, 6.07) is 5.87. The number of aryl methyl sites for hydroxylation is 1. The van der Waals surface area contributed by atoms with Crippen LogP contribution in [0.25, 0.3) is 11.1 Å². The van der Waals surface area contributed by atoms with Gasteiger partial charge in [-0.1, -0.05) is 6.07 Å². The van der Waals surface area contributed by atoms with Gasteiger partial charge >= 0.3 is 0 Å². The third-order valence-electron chi connectivity index (χ3n) is 6.97. The normalized spacial score (nSPS) is 25.9. The van der Waals surface area contributed by atoms with Gasteiger partial charge < -0.3 is 49.4 Å². The lowest BCUT2D eigenvalue weighted by Crippen LogP contribution is -2.60. The van der Waals surface area contributed by atoms with Gasteiger partial charge in [0.1, 0.15) is 24.4 Å². The van der Waals surface area contributed by atoms with Gasteiger partial charge in [0.15, 0.2) is 17.2 Å². The quantitative estimate of drug-likeness (QED) is 0.317. The number of aliphatic hydroxyl groups is 4. The minimum Gasteiger partial charge on any atom is -0.493 e. The van der Waals surface area contributed by atoms with Crippen LogP contribution in [0.2, 0.25) is 0 Å². The molecule has 0 bridgehead atoms. The second kappa shape index (κ2) is 11.8. The molecule has 1 fully saturated rings. The Hall–Kier alpha value is -3.42. The Labute approximate surface area is 224 Å². The van der Waals surface area contributed by atoms with Gasteiger partial charge in [-0.15, -0.1) is 0 Å².